The molecule has 0 spiro atoms. The molecule has 3 saturated heterocycles. The molecule has 2 aromatic heterocycles. The molecule has 7 rings (SSSR count). The van der Waals surface area contributed by atoms with Gasteiger partial charge < -0.3 is 29.5 Å². The highest BCUT2D eigenvalue weighted by Gasteiger charge is 2.40. The van der Waals surface area contributed by atoms with E-state index in [1.54, 1.807) is 10.7 Å². The quantitative estimate of drug-likeness (QED) is 0.548. The number of morpholine rings is 2. The summed E-state index contributed by atoms with van der Waals surface area (Å²) >= 11 is 0. The zero-order valence-electron chi connectivity index (χ0n) is 22.5. The number of benzene rings is 1. The largest absolute Gasteiger partial charge is 0.378 e. The number of carbonyl (C=O) groups excluding carboxylic acids is 2. The van der Waals surface area contributed by atoms with Crippen molar-refractivity contribution in [3.63, 3.8) is 0 Å². The van der Waals surface area contributed by atoms with E-state index in [1.807, 2.05) is 44.0 Å². The highest BCUT2D eigenvalue weighted by Crippen LogP contribution is 2.37. The van der Waals surface area contributed by atoms with E-state index in [-0.39, 0.29) is 23.5 Å². The molecule has 2 atom stereocenters. The monoisotopic (exact) mass is 531 g/mol. The van der Waals surface area contributed by atoms with Crippen LogP contribution in [-0.2, 0) is 16.0 Å². The third-order valence-electron chi connectivity index (χ3n) is 8.23. The molecular formula is C28H33N7O4. The molecule has 2 amide bonds. The van der Waals surface area contributed by atoms with Crippen molar-refractivity contribution in [1.82, 2.24) is 19.5 Å². The average Bonchev–Trinajstić information content (AvgIpc) is 3.71. The predicted molar refractivity (Wildman–Crippen MR) is 146 cm³/mol. The summed E-state index contributed by atoms with van der Waals surface area (Å²) in [5.74, 6) is 0.494. The van der Waals surface area contributed by atoms with Crippen LogP contribution in [-0.4, -0.2) is 88.5 Å². The fourth-order valence-electron chi connectivity index (χ4n) is 6.11. The van der Waals surface area contributed by atoms with Gasteiger partial charge in [-0.2, -0.15) is 5.10 Å². The molecule has 2 bridgehead atoms. The highest BCUT2D eigenvalue weighted by molar-refractivity contribution is 6.11. The summed E-state index contributed by atoms with van der Waals surface area (Å²) in [5.41, 5.74) is 3.68. The molecular weight excluding hydrogens is 498 g/mol. The Labute approximate surface area is 226 Å². The van der Waals surface area contributed by atoms with Gasteiger partial charge in [0.25, 0.3) is 11.8 Å². The first kappa shape index (κ1) is 24.3. The lowest BCUT2D eigenvalue weighted by Gasteiger charge is -2.31. The second-order valence-corrected chi connectivity index (χ2v) is 11.8. The Kier molecular flexibility index (Phi) is 5.57. The molecule has 11 nitrogen and oxygen atoms in total. The smallest absolute Gasteiger partial charge is 0.261 e. The Hall–Kier alpha value is -3.70. The van der Waals surface area contributed by atoms with Crippen molar-refractivity contribution in [3.05, 3.63) is 47.3 Å². The first-order valence-corrected chi connectivity index (χ1v) is 13.6. The van der Waals surface area contributed by atoms with Gasteiger partial charge in [-0.25, -0.2) is 9.50 Å². The minimum absolute atomic E-state index is 0.0206. The fourth-order valence-corrected chi connectivity index (χ4v) is 6.11. The van der Waals surface area contributed by atoms with Crippen LogP contribution in [0.5, 0.6) is 0 Å². The third-order valence-corrected chi connectivity index (χ3v) is 8.23. The minimum Gasteiger partial charge on any atom is -0.378 e. The molecule has 4 aliphatic heterocycles. The molecule has 4 aliphatic rings. The van der Waals surface area contributed by atoms with E-state index in [4.69, 9.17) is 14.5 Å². The Morgan fingerprint density at radius 1 is 1.18 bits per heavy atom. The van der Waals surface area contributed by atoms with Gasteiger partial charge >= 0.3 is 0 Å². The molecule has 0 aliphatic carbocycles. The lowest BCUT2D eigenvalue weighted by Crippen LogP contribution is -2.41. The van der Waals surface area contributed by atoms with Gasteiger partial charge in [-0.3, -0.25) is 9.59 Å². The number of rotatable bonds is 4. The molecule has 3 aromatic rings. The average molecular weight is 532 g/mol. The van der Waals surface area contributed by atoms with Crippen molar-refractivity contribution in [3.8, 4) is 0 Å². The van der Waals surface area contributed by atoms with E-state index < -0.39 is 0 Å². The van der Waals surface area contributed by atoms with Crippen molar-refractivity contribution < 1.29 is 19.1 Å². The number of aromatic nitrogens is 3. The number of ether oxygens (including phenoxy) is 2. The van der Waals surface area contributed by atoms with Crippen molar-refractivity contribution in [1.29, 1.82) is 0 Å². The number of amides is 2. The second-order valence-electron chi connectivity index (χ2n) is 11.8. The van der Waals surface area contributed by atoms with Crippen molar-refractivity contribution in [2.75, 3.05) is 54.6 Å². The number of anilines is 3. The zero-order valence-corrected chi connectivity index (χ0v) is 22.5. The van der Waals surface area contributed by atoms with Crippen molar-refractivity contribution in [2.45, 2.75) is 51.4 Å². The van der Waals surface area contributed by atoms with Crippen LogP contribution in [0.2, 0.25) is 0 Å². The first-order chi connectivity index (χ1) is 18.8. The van der Waals surface area contributed by atoms with Gasteiger partial charge in [0.1, 0.15) is 11.4 Å². The van der Waals surface area contributed by atoms with Crippen LogP contribution in [0.3, 0.4) is 0 Å². The summed E-state index contributed by atoms with van der Waals surface area (Å²) in [7, 11) is 0. The predicted octanol–water partition coefficient (Wildman–Crippen LogP) is 2.55. The van der Waals surface area contributed by atoms with Crippen LogP contribution >= 0.6 is 0 Å². The van der Waals surface area contributed by atoms with Gasteiger partial charge in [0, 0.05) is 43.5 Å². The minimum atomic E-state index is -0.312. The highest BCUT2D eigenvalue weighted by atomic mass is 16.5. The second kappa shape index (κ2) is 8.92. The molecule has 3 fully saturated rings. The van der Waals surface area contributed by atoms with E-state index in [1.165, 1.54) is 0 Å². The van der Waals surface area contributed by atoms with Gasteiger partial charge in [-0.1, -0.05) is 0 Å². The van der Waals surface area contributed by atoms with E-state index in [9.17, 15) is 9.59 Å². The van der Waals surface area contributed by atoms with Crippen LogP contribution in [0.1, 0.15) is 53.5 Å². The van der Waals surface area contributed by atoms with Crippen LogP contribution in [0, 0.1) is 0 Å². The van der Waals surface area contributed by atoms with Crippen LogP contribution in [0.15, 0.2) is 30.6 Å². The number of carbonyl (C=O) groups is 2. The van der Waals surface area contributed by atoms with Gasteiger partial charge in [0.15, 0.2) is 5.65 Å². The molecule has 0 unspecified atom stereocenters. The van der Waals surface area contributed by atoms with Gasteiger partial charge in [-0.15, -0.1) is 0 Å². The normalized spacial score (nSPS) is 22.7. The summed E-state index contributed by atoms with van der Waals surface area (Å²) < 4.78 is 12.9. The number of fused-ring (bicyclic) bond motifs is 4. The first-order valence-electron chi connectivity index (χ1n) is 13.6. The van der Waals surface area contributed by atoms with Gasteiger partial charge in [-0.05, 0) is 51.0 Å². The Morgan fingerprint density at radius 2 is 2.00 bits per heavy atom. The fraction of sp³-hybridized carbons (Fsp3) is 0.500. The maximum Gasteiger partial charge on any atom is 0.261 e. The Bertz CT molecular complexity index is 1470. The van der Waals surface area contributed by atoms with Crippen LogP contribution in [0.4, 0.5) is 17.2 Å². The molecule has 1 aromatic carbocycles. The van der Waals surface area contributed by atoms with Gasteiger partial charge in [0.2, 0.25) is 0 Å². The summed E-state index contributed by atoms with van der Waals surface area (Å²) in [6.07, 6.45) is 4.65. The molecule has 204 valence electrons. The Balaban J connectivity index is 1.23. The molecule has 39 heavy (non-hydrogen) atoms. The summed E-state index contributed by atoms with van der Waals surface area (Å²) in [4.78, 5) is 38.2. The SMILES string of the molecule is CC(C)(C)N1Cc2cc(N3CCOCC3)c(NC(=O)c3cnn4ccc(N5C[C@H]6C[C@@H]5CO6)nc34)cc2C1=O. The third kappa shape index (κ3) is 4.11. The van der Waals surface area contributed by atoms with E-state index >= 15 is 0 Å². The topological polar surface area (TPSA) is 105 Å². The maximum absolute atomic E-state index is 13.7. The van der Waals surface area contributed by atoms with Crippen molar-refractivity contribution >= 4 is 34.7 Å². The van der Waals surface area contributed by atoms with E-state index in [2.05, 4.69) is 26.3 Å². The zero-order chi connectivity index (χ0) is 26.9. The number of nitrogens with zero attached hydrogens (tertiary/aromatic N) is 6. The van der Waals surface area contributed by atoms with Gasteiger partial charge in [0.05, 0.1) is 49.5 Å². The molecule has 6 heterocycles. The summed E-state index contributed by atoms with van der Waals surface area (Å²) in [6, 6.07) is 6.14. The standard InChI is InChI=1S/C28H33N7O4/c1-28(2,3)34-14-17-10-23(32-6-8-38-9-7-32)22(12-20(17)27(34)37)30-26(36)21-13-29-35-5-4-24(31-25(21)35)33-15-19-11-18(33)16-39-19/h4-5,10,12-13,18-19H,6-9,11,14-16H2,1-3H3,(H,30,36)/t18-,19-/m1/s1. The lowest BCUT2D eigenvalue weighted by atomic mass is 10.1. The van der Waals surface area contributed by atoms with Crippen LogP contribution < -0.4 is 15.1 Å². The molecule has 0 radical (unpaired) electrons. The van der Waals surface area contributed by atoms with E-state index in [0.29, 0.717) is 68.0 Å². The number of hydrogen-bond acceptors (Lipinski definition) is 8. The number of nitrogens with one attached hydrogen (secondary N) is 1. The maximum atomic E-state index is 13.7. The van der Waals surface area contributed by atoms with Crippen LogP contribution in [0.25, 0.3) is 5.65 Å². The molecule has 1 N–H and O–H groups in total. The number of hydrogen-bond donors (Lipinski definition) is 1. The van der Waals surface area contributed by atoms with E-state index in [0.717, 1.165) is 30.0 Å². The summed E-state index contributed by atoms with van der Waals surface area (Å²) in [5, 5.41) is 7.48. The lowest BCUT2D eigenvalue weighted by molar-refractivity contribution is 0.0609. The van der Waals surface area contributed by atoms with Crippen molar-refractivity contribution in [2.24, 2.45) is 0 Å². The summed E-state index contributed by atoms with van der Waals surface area (Å²) in [6.45, 7) is 10.8. The Morgan fingerprint density at radius 3 is 2.72 bits per heavy atom. The molecule has 0 saturated carbocycles. The molecule has 11 heteroatoms.